The van der Waals surface area contributed by atoms with Crippen LogP contribution >= 0.6 is 0 Å². The van der Waals surface area contributed by atoms with E-state index in [4.69, 9.17) is 14.3 Å². The van der Waals surface area contributed by atoms with E-state index in [2.05, 4.69) is 0 Å². The third kappa shape index (κ3) is 3.61. The van der Waals surface area contributed by atoms with Gasteiger partial charge in [0, 0.05) is 17.5 Å². The van der Waals surface area contributed by atoms with Crippen molar-refractivity contribution in [2.75, 3.05) is 0 Å². The maximum absolute atomic E-state index is 12.0. The Hall–Kier alpha value is -3.08. The fraction of sp³-hybridized carbons (Fsp3) is 0.238. The number of ether oxygens (including phenoxy) is 1. The zero-order chi connectivity index (χ0) is 18.7. The zero-order valence-electron chi connectivity index (χ0n) is 14.7. The lowest BCUT2D eigenvalue weighted by molar-refractivity contribution is -0.144. The minimum atomic E-state index is -1.05. The van der Waals surface area contributed by atoms with Gasteiger partial charge in [0.05, 0.1) is 0 Å². The topological polar surface area (TPSA) is 76.7 Å². The standard InChI is InChI=1S/C21H20O5/c1-3-7-15-10-17-16(14-8-5-4-6-9-14)11-20(22)26-19(17)12-18(15)25-13(2)21(23)24/h4-6,8-13H,3,7H2,1-2H3,(H,23,24). The molecule has 3 rings (SSSR count). The van der Waals surface area contributed by atoms with Crippen LogP contribution in [-0.4, -0.2) is 17.2 Å². The molecule has 5 heteroatoms. The minimum Gasteiger partial charge on any atom is -0.479 e. The Kier molecular flexibility index (Phi) is 5.07. The third-order valence-electron chi connectivity index (χ3n) is 4.18. The number of fused-ring (bicyclic) bond motifs is 1. The molecule has 1 N–H and O–H groups in total. The Bertz CT molecular complexity index is 988. The van der Waals surface area contributed by atoms with E-state index in [1.54, 1.807) is 6.07 Å². The van der Waals surface area contributed by atoms with E-state index in [9.17, 15) is 9.59 Å². The first-order valence-electron chi connectivity index (χ1n) is 8.55. The van der Waals surface area contributed by atoms with Gasteiger partial charge in [-0.2, -0.15) is 0 Å². The number of carboxylic acids is 1. The van der Waals surface area contributed by atoms with Gasteiger partial charge in [-0.15, -0.1) is 0 Å². The van der Waals surface area contributed by atoms with Crippen molar-refractivity contribution in [2.24, 2.45) is 0 Å². The van der Waals surface area contributed by atoms with E-state index in [0.29, 0.717) is 11.3 Å². The number of benzene rings is 2. The van der Waals surface area contributed by atoms with Gasteiger partial charge in [-0.25, -0.2) is 9.59 Å². The van der Waals surface area contributed by atoms with Gasteiger partial charge >= 0.3 is 11.6 Å². The van der Waals surface area contributed by atoms with Crippen LogP contribution in [0, 0.1) is 0 Å². The van der Waals surface area contributed by atoms with Crippen molar-refractivity contribution < 1.29 is 19.1 Å². The van der Waals surface area contributed by atoms with E-state index in [0.717, 1.165) is 34.9 Å². The summed E-state index contributed by atoms with van der Waals surface area (Å²) < 4.78 is 10.9. The summed E-state index contributed by atoms with van der Waals surface area (Å²) in [6.45, 7) is 3.51. The predicted molar refractivity (Wildman–Crippen MR) is 99.6 cm³/mol. The van der Waals surface area contributed by atoms with Crippen LogP contribution in [0.2, 0.25) is 0 Å². The highest BCUT2D eigenvalue weighted by molar-refractivity contribution is 5.94. The van der Waals surface area contributed by atoms with E-state index in [1.807, 2.05) is 43.3 Å². The monoisotopic (exact) mass is 352 g/mol. The first-order valence-corrected chi connectivity index (χ1v) is 8.55. The second-order valence-electron chi connectivity index (χ2n) is 6.15. The summed E-state index contributed by atoms with van der Waals surface area (Å²) in [5.74, 6) is -0.616. The summed E-state index contributed by atoms with van der Waals surface area (Å²) in [7, 11) is 0. The van der Waals surface area contributed by atoms with Gasteiger partial charge in [0.25, 0.3) is 0 Å². The second-order valence-corrected chi connectivity index (χ2v) is 6.15. The Morgan fingerprint density at radius 2 is 1.92 bits per heavy atom. The lowest BCUT2D eigenvalue weighted by Crippen LogP contribution is -2.23. The fourth-order valence-corrected chi connectivity index (χ4v) is 2.91. The number of aryl methyl sites for hydroxylation is 1. The van der Waals surface area contributed by atoms with Crippen LogP contribution in [0.15, 0.2) is 57.7 Å². The molecule has 1 aromatic heterocycles. The molecule has 0 bridgehead atoms. The van der Waals surface area contributed by atoms with E-state index in [-0.39, 0.29) is 0 Å². The van der Waals surface area contributed by atoms with Crippen molar-refractivity contribution in [3.05, 3.63) is 64.5 Å². The maximum Gasteiger partial charge on any atom is 0.344 e. The smallest absolute Gasteiger partial charge is 0.344 e. The van der Waals surface area contributed by atoms with E-state index in [1.165, 1.54) is 13.0 Å². The van der Waals surface area contributed by atoms with Gasteiger partial charge in [-0.3, -0.25) is 0 Å². The molecule has 1 unspecified atom stereocenters. The molecule has 0 aliphatic heterocycles. The molecule has 1 heterocycles. The van der Waals surface area contributed by atoms with E-state index < -0.39 is 17.7 Å². The Morgan fingerprint density at radius 1 is 1.19 bits per heavy atom. The largest absolute Gasteiger partial charge is 0.479 e. The van der Waals surface area contributed by atoms with Crippen molar-refractivity contribution >= 4 is 16.9 Å². The van der Waals surface area contributed by atoms with Crippen molar-refractivity contribution in [1.29, 1.82) is 0 Å². The molecule has 1 atom stereocenters. The quantitative estimate of drug-likeness (QED) is 0.671. The van der Waals surface area contributed by atoms with Crippen LogP contribution in [0.5, 0.6) is 5.75 Å². The number of hydrogen-bond donors (Lipinski definition) is 1. The van der Waals surface area contributed by atoms with Gasteiger partial charge in [-0.05, 0) is 36.1 Å². The lowest BCUT2D eigenvalue weighted by Gasteiger charge is -2.16. The van der Waals surface area contributed by atoms with Crippen LogP contribution in [0.1, 0.15) is 25.8 Å². The van der Waals surface area contributed by atoms with Crippen molar-refractivity contribution in [2.45, 2.75) is 32.8 Å². The van der Waals surface area contributed by atoms with Crippen LogP contribution < -0.4 is 10.4 Å². The van der Waals surface area contributed by atoms with Crippen LogP contribution in [0.4, 0.5) is 0 Å². The maximum atomic E-state index is 12.0. The molecular formula is C21H20O5. The molecule has 5 nitrogen and oxygen atoms in total. The Labute approximate surface area is 150 Å². The molecule has 0 aliphatic carbocycles. The number of rotatable bonds is 6. The van der Waals surface area contributed by atoms with Crippen molar-refractivity contribution in [3.63, 3.8) is 0 Å². The number of aliphatic carboxylic acids is 1. The van der Waals surface area contributed by atoms with Crippen molar-refractivity contribution in [1.82, 2.24) is 0 Å². The molecule has 0 fully saturated rings. The average Bonchev–Trinajstić information content (AvgIpc) is 2.62. The first kappa shape index (κ1) is 17.7. The van der Waals surface area contributed by atoms with Crippen LogP contribution in [0.3, 0.4) is 0 Å². The third-order valence-corrected chi connectivity index (χ3v) is 4.18. The normalized spacial score (nSPS) is 12.1. The molecule has 0 saturated heterocycles. The number of hydrogen-bond acceptors (Lipinski definition) is 4. The van der Waals surface area contributed by atoms with E-state index >= 15 is 0 Å². The Balaban J connectivity index is 2.22. The molecule has 26 heavy (non-hydrogen) atoms. The lowest BCUT2D eigenvalue weighted by atomic mass is 9.98. The van der Waals surface area contributed by atoms with Gasteiger partial charge < -0.3 is 14.3 Å². The predicted octanol–water partition coefficient (Wildman–Crippen LogP) is 4.26. The minimum absolute atomic E-state index is 0.379. The summed E-state index contributed by atoms with van der Waals surface area (Å²) in [5.41, 5.74) is 2.51. The zero-order valence-corrected chi connectivity index (χ0v) is 14.7. The molecule has 2 aromatic carbocycles. The number of carbonyl (C=O) groups is 1. The Morgan fingerprint density at radius 3 is 2.58 bits per heavy atom. The molecule has 3 aromatic rings. The summed E-state index contributed by atoms with van der Waals surface area (Å²) in [4.78, 5) is 23.2. The molecule has 0 amide bonds. The average molecular weight is 352 g/mol. The van der Waals surface area contributed by atoms with Crippen LogP contribution in [-0.2, 0) is 11.2 Å². The molecule has 0 spiro atoms. The highest BCUT2D eigenvalue weighted by Crippen LogP contribution is 2.33. The van der Waals surface area contributed by atoms with Gasteiger partial charge in [-0.1, -0.05) is 43.7 Å². The van der Waals surface area contributed by atoms with Gasteiger partial charge in [0.1, 0.15) is 11.3 Å². The molecular weight excluding hydrogens is 332 g/mol. The molecule has 134 valence electrons. The molecule has 0 radical (unpaired) electrons. The highest BCUT2D eigenvalue weighted by atomic mass is 16.5. The van der Waals surface area contributed by atoms with Gasteiger partial charge in [0.2, 0.25) is 0 Å². The summed E-state index contributed by atoms with van der Waals surface area (Å²) in [5, 5.41) is 9.92. The highest BCUT2D eigenvalue weighted by Gasteiger charge is 2.17. The SMILES string of the molecule is CCCc1cc2c(-c3ccccc3)cc(=O)oc2cc1OC(C)C(=O)O. The first-order chi connectivity index (χ1) is 12.5. The second kappa shape index (κ2) is 7.44. The molecule has 0 aliphatic rings. The summed E-state index contributed by atoms with van der Waals surface area (Å²) >= 11 is 0. The number of carboxylic acid groups (broad SMARTS) is 1. The molecule has 0 saturated carbocycles. The summed E-state index contributed by atoms with van der Waals surface area (Å²) in [6.07, 6.45) is 0.609. The van der Waals surface area contributed by atoms with Crippen LogP contribution in [0.25, 0.3) is 22.1 Å². The summed E-state index contributed by atoms with van der Waals surface area (Å²) in [6, 6.07) is 14.6. The fourth-order valence-electron chi connectivity index (χ4n) is 2.91. The van der Waals surface area contributed by atoms with Crippen molar-refractivity contribution in [3.8, 4) is 16.9 Å². The van der Waals surface area contributed by atoms with Gasteiger partial charge in [0.15, 0.2) is 6.10 Å².